The molecule has 0 spiro atoms. The molecule has 26 heavy (non-hydrogen) atoms. The fourth-order valence-corrected chi connectivity index (χ4v) is 3.63. The summed E-state index contributed by atoms with van der Waals surface area (Å²) in [5.41, 5.74) is 1.42. The highest BCUT2D eigenvalue weighted by Gasteiger charge is 1.95. The summed E-state index contributed by atoms with van der Waals surface area (Å²) in [6.45, 7) is 2.29. The predicted molar refractivity (Wildman–Crippen MR) is 118 cm³/mol. The third kappa shape index (κ3) is 8.70. The Balaban J connectivity index is 1.45. The molecule has 2 rings (SSSR count). The van der Waals surface area contributed by atoms with Crippen LogP contribution >= 0.6 is 0 Å². The first-order chi connectivity index (χ1) is 12.9. The molecule has 0 nitrogen and oxygen atoms in total. The number of hydrogen-bond acceptors (Lipinski definition) is 0. The first-order valence-corrected chi connectivity index (χ1v) is 11.0. The third-order valence-electron chi connectivity index (χ3n) is 5.31. The molecule has 0 heterocycles. The van der Waals surface area contributed by atoms with E-state index in [-0.39, 0.29) is 0 Å². The van der Waals surface area contributed by atoms with Crippen molar-refractivity contribution in [1.29, 1.82) is 0 Å². The molecule has 0 aliphatic rings. The second-order valence-electron chi connectivity index (χ2n) is 7.68. The second kappa shape index (κ2) is 13.6. The normalized spacial score (nSPS) is 11.6. The van der Waals surface area contributed by atoms with E-state index in [0.29, 0.717) is 0 Å². The summed E-state index contributed by atoms with van der Waals surface area (Å²) in [5, 5.41) is 2.69. The van der Waals surface area contributed by atoms with Crippen molar-refractivity contribution in [2.45, 2.75) is 90.4 Å². The van der Waals surface area contributed by atoms with Gasteiger partial charge in [-0.1, -0.05) is 126 Å². The summed E-state index contributed by atoms with van der Waals surface area (Å²) >= 11 is 0. The first-order valence-electron chi connectivity index (χ1n) is 11.0. The van der Waals surface area contributed by atoms with Gasteiger partial charge in [-0.25, -0.2) is 0 Å². The molecular formula is C26H38. The SMILES string of the molecule is CCCCCCCCCCCCC/C=C/Cc1ccc2ccccc2c1. The van der Waals surface area contributed by atoms with Gasteiger partial charge in [0, 0.05) is 0 Å². The fraction of sp³-hybridized carbons (Fsp3) is 0.538. The van der Waals surface area contributed by atoms with Crippen molar-refractivity contribution >= 4 is 10.8 Å². The Morgan fingerprint density at radius 2 is 1.23 bits per heavy atom. The zero-order chi connectivity index (χ0) is 18.3. The average molecular weight is 351 g/mol. The van der Waals surface area contributed by atoms with E-state index < -0.39 is 0 Å². The molecule has 0 atom stereocenters. The van der Waals surface area contributed by atoms with Crippen molar-refractivity contribution in [1.82, 2.24) is 0 Å². The molecule has 0 aliphatic carbocycles. The van der Waals surface area contributed by atoms with E-state index in [2.05, 4.69) is 61.5 Å². The summed E-state index contributed by atoms with van der Waals surface area (Å²) < 4.78 is 0. The zero-order valence-electron chi connectivity index (χ0n) is 16.9. The van der Waals surface area contributed by atoms with Gasteiger partial charge in [-0.2, -0.15) is 0 Å². The molecule has 0 saturated heterocycles. The van der Waals surface area contributed by atoms with Gasteiger partial charge in [-0.15, -0.1) is 0 Å². The maximum Gasteiger partial charge on any atom is -0.00972 e. The van der Waals surface area contributed by atoms with E-state index >= 15 is 0 Å². The lowest BCUT2D eigenvalue weighted by molar-refractivity contribution is 0.550. The third-order valence-corrected chi connectivity index (χ3v) is 5.31. The molecule has 0 heteroatoms. The maximum absolute atomic E-state index is 2.38. The van der Waals surface area contributed by atoms with Crippen LogP contribution in [-0.4, -0.2) is 0 Å². The molecule has 0 amide bonds. The minimum Gasteiger partial charge on any atom is -0.0882 e. The number of allylic oxidation sites excluding steroid dienone is 2. The molecular weight excluding hydrogens is 312 g/mol. The Morgan fingerprint density at radius 1 is 0.615 bits per heavy atom. The second-order valence-corrected chi connectivity index (χ2v) is 7.68. The van der Waals surface area contributed by atoms with Crippen LogP contribution in [0.25, 0.3) is 10.8 Å². The molecule has 0 saturated carbocycles. The molecule has 0 fully saturated rings. The quantitative estimate of drug-likeness (QED) is 0.236. The molecule has 2 aromatic rings. The molecule has 0 aromatic heterocycles. The van der Waals surface area contributed by atoms with E-state index in [4.69, 9.17) is 0 Å². The van der Waals surface area contributed by atoms with Crippen molar-refractivity contribution in [2.24, 2.45) is 0 Å². The van der Waals surface area contributed by atoms with Gasteiger partial charge in [-0.3, -0.25) is 0 Å². The van der Waals surface area contributed by atoms with Gasteiger partial charge in [0.2, 0.25) is 0 Å². The number of unbranched alkanes of at least 4 members (excludes halogenated alkanes) is 11. The summed E-state index contributed by atoms with van der Waals surface area (Å²) in [6.07, 6.45) is 22.7. The van der Waals surface area contributed by atoms with Crippen LogP contribution in [0.4, 0.5) is 0 Å². The molecule has 0 radical (unpaired) electrons. The summed E-state index contributed by atoms with van der Waals surface area (Å²) in [6, 6.07) is 15.4. The van der Waals surface area contributed by atoms with Gasteiger partial charge >= 0.3 is 0 Å². The molecule has 142 valence electrons. The highest BCUT2D eigenvalue weighted by Crippen LogP contribution is 2.16. The van der Waals surface area contributed by atoms with Crippen molar-refractivity contribution in [3.63, 3.8) is 0 Å². The van der Waals surface area contributed by atoms with Crippen LogP contribution in [0.15, 0.2) is 54.6 Å². The standard InChI is InChI=1S/C26H38/c1-2-3-4-5-6-7-8-9-10-11-12-13-14-15-18-24-21-22-25-19-16-17-20-26(25)23-24/h14-17,19-23H,2-13,18H2,1H3/b15-14+. The maximum atomic E-state index is 2.38. The average Bonchev–Trinajstić information content (AvgIpc) is 2.68. The van der Waals surface area contributed by atoms with E-state index in [0.717, 1.165) is 6.42 Å². The fourth-order valence-electron chi connectivity index (χ4n) is 3.63. The van der Waals surface area contributed by atoms with Gasteiger partial charge in [0.15, 0.2) is 0 Å². The monoisotopic (exact) mass is 350 g/mol. The van der Waals surface area contributed by atoms with Crippen LogP contribution in [0, 0.1) is 0 Å². The van der Waals surface area contributed by atoms with E-state index in [1.54, 1.807) is 0 Å². The Hall–Kier alpha value is -1.56. The van der Waals surface area contributed by atoms with E-state index in [9.17, 15) is 0 Å². The first kappa shape index (κ1) is 20.7. The smallest absolute Gasteiger partial charge is 0.00972 e. The highest BCUT2D eigenvalue weighted by molar-refractivity contribution is 5.83. The molecule has 2 aromatic carbocycles. The van der Waals surface area contributed by atoms with Crippen molar-refractivity contribution < 1.29 is 0 Å². The number of fused-ring (bicyclic) bond motifs is 1. The summed E-state index contributed by atoms with van der Waals surface area (Å²) in [4.78, 5) is 0. The van der Waals surface area contributed by atoms with E-state index in [1.807, 2.05) is 0 Å². The number of rotatable bonds is 14. The van der Waals surface area contributed by atoms with Gasteiger partial charge in [0.25, 0.3) is 0 Å². The van der Waals surface area contributed by atoms with Crippen LogP contribution in [-0.2, 0) is 6.42 Å². The van der Waals surface area contributed by atoms with Gasteiger partial charge < -0.3 is 0 Å². The Labute approximate surface area is 161 Å². The molecule has 0 aliphatic heterocycles. The minimum absolute atomic E-state index is 1.06. The topological polar surface area (TPSA) is 0 Å². The van der Waals surface area contributed by atoms with Crippen molar-refractivity contribution in [3.05, 3.63) is 60.2 Å². The van der Waals surface area contributed by atoms with Gasteiger partial charge in [0.1, 0.15) is 0 Å². The molecule has 0 unspecified atom stereocenters. The van der Waals surface area contributed by atoms with Crippen LogP contribution in [0.3, 0.4) is 0 Å². The number of benzene rings is 2. The van der Waals surface area contributed by atoms with Crippen LogP contribution in [0.1, 0.15) is 89.5 Å². The van der Waals surface area contributed by atoms with Crippen LogP contribution in [0.2, 0.25) is 0 Å². The number of hydrogen-bond donors (Lipinski definition) is 0. The lowest BCUT2D eigenvalue weighted by Gasteiger charge is -2.02. The molecule has 0 bridgehead atoms. The van der Waals surface area contributed by atoms with Gasteiger partial charge in [-0.05, 0) is 35.6 Å². The molecule has 0 N–H and O–H groups in total. The zero-order valence-corrected chi connectivity index (χ0v) is 16.9. The Morgan fingerprint density at radius 3 is 1.92 bits per heavy atom. The Kier molecular flexibility index (Phi) is 10.9. The highest BCUT2D eigenvalue weighted by atomic mass is 14.0. The predicted octanol–water partition coefficient (Wildman–Crippen LogP) is 8.64. The van der Waals surface area contributed by atoms with Crippen molar-refractivity contribution in [2.75, 3.05) is 0 Å². The lowest BCUT2D eigenvalue weighted by atomic mass is 10.0. The summed E-state index contributed by atoms with van der Waals surface area (Å²) in [7, 11) is 0. The van der Waals surface area contributed by atoms with Crippen molar-refractivity contribution in [3.8, 4) is 0 Å². The Bertz CT molecular complexity index is 623. The van der Waals surface area contributed by atoms with Gasteiger partial charge in [0.05, 0.1) is 0 Å². The summed E-state index contributed by atoms with van der Waals surface area (Å²) in [5.74, 6) is 0. The minimum atomic E-state index is 1.06. The van der Waals surface area contributed by atoms with E-state index in [1.165, 1.54) is 93.4 Å². The van der Waals surface area contributed by atoms with Crippen LogP contribution < -0.4 is 0 Å². The van der Waals surface area contributed by atoms with Crippen LogP contribution in [0.5, 0.6) is 0 Å². The largest absolute Gasteiger partial charge is 0.0882 e. The lowest BCUT2D eigenvalue weighted by Crippen LogP contribution is -1.83.